The fraction of sp³-hybridized carbons (Fsp3) is 0.316. The fourth-order valence-corrected chi connectivity index (χ4v) is 5.70. The first kappa shape index (κ1) is 33.2. The van der Waals surface area contributed by atoms with Gasteiger partial charge < -0.3 is 18.8 Å². The number of benzene rings is 3. The van der Waals surface area contributed by atoms with Crippen LogP contribution in [0.15, 0.2) is 76.6 Å². The van der Waals surface area contributed by atoms with E-state index in [1.54, 1.807) is 26.1 Å². The van der Waals surface area contributed by atoms with Gasteiger partial charge in [0.1, 0.15) is 11.5 Å². The van der Waals surface area contributed by atoms with Crippen molar-refractivity contribution in [2.75, 3.05) is 13.2 Å². The maximum absolute atomic E-state index is 13.9. The molecule has 5 aromatic rings. The highest BCUT2D eigenvalue weighted by atomic mass is 16.6. The molecular formula is C38H42N4O5. The Balaban J connectivity index is 1.55. The smallest absolute Gasteiger partial charge is 0.347 e. The third kappa shape index (κ3) is 6.84. The van der Waals surface area contributed by atoms with E-state index < -0.39 is 12.1 Å². The number of aryl methyl sites for hydroxylation is 2. The molecule has 0 aliphatic carbocycles. The van der Waals surface area contributed by atoms with Crippen molar-refractivity contribution >= 4 is 23.1 Å². The molecule has 0 N–H and O–H groups in total. The Morgan fingerprint density at radius 3 is 2.36 bits per heavy atom. The van der Waals surface area contributed by atoms with Gasteiger partial charge in [0, 0.05) is 28.2 Å². The monoisotopic (exact) mass is 634 g/mol. The Hall–Kier alpha value is -5.18. The van der Waals surface area contributed by atoms with Crippen molar-refractivity contribution in [1.82, 2.24) is 14.2 Å². The lowest BCUT2D eigenvalue weighted by molar-refractivity contribution is -0.150. The molecule has 47 heavy (non-hydrogen) atoms. The van der Waals surface area contributed by atoms with Crippen LogP contribution in [0, 0.1) is 20.8 Å². The average molecular weight is 635 g/mol. The minimum atomic E-state index is -0.708. The largest absolute Gasteiger partial charge is 0.494 e. The molecule has 0 bridgehead atoms. The average Bonchev–Trinajstić information content (AvgIpc) is 3.33. The molecule has 0 saturated heterocycles. The van der Waals surface area contributed by atoms with Crippen LogP contribution >= 0.6 is 0 Å². The van der Waals surface area contributed by atoms with E-state index in [1.165, 1.54) is 4.68 Å². The number of hydrogen-bond acceptors (Lipinski definition) is 7. The number of carbonyl (C=O) groups is 1. The number of nitrogens with zero attached hydrogens (tertiary/aromatic N) is 4. The van der Waals surface area contributed by atoms with Gasteiger partial charge in [0.05, 0.1) is 30.3 Å². The molecule has 9 heteroatoms. The molecule has 3 aromatic carbocycles. The predicted molar refractivity (Wildman–Crippen MR) is 186 cm³/mol. The van der Waals surface area contributed by atoms with Gasteiger partial charge in [0.15, 0.2) is 11.9 Å². The van der Waals surface area contributed by atoms with Crippen LogP contribution in [0.5, 0.6) is 11.5 Å². The number of fused-ring (bicyclic) bond motifs is 1. The summed E-state index contributed by atoms with van der Waals surface area (Å²) in [7, 11) is 0. The zero-order valence-electron chi connectivity index (χ0n) is 28.3. The summed E-state index contributed by atoms with van der Waals surface area (Å²) in [6, 6.07) is 21.0. The van der Waals surface area contributed by atoms with Gasteiger partial charge in [0.2, 0.25) is 0 Å². The zero-order valence-corrected chi connectivity index (χ0v) is 28.3. The van der Waals surface area contributed by atoms with Crippen molar-refractivity contribution in [3.05, 3.63) is 105 Å². The maximum atomic E-state index is 13.9. The van der Waals surface area contributed by atoms with E-state index in [0.717, 1.165) is 45.1 Å². The third-order valence-electron chi connectivity index (χ3n) is 8.08. The van der Waals surface area contributed by atoms with Gasteiger partial charge in [-0.3, -0.25) is 4.79 Å². The topological polar surface area (TPSA) is 96.9 Å². The second-order valence-corrected chi connectivity index (χ2v) is 11.8. The highest BCUT2D eigenvalue weighted by Crippen LogP contribution is 2.34. The van der Waals surface area contributed by atoms with Crippen LogP contribution in [-0.2, 0) is 9.53 Å². The number of carbonyl (C=O) groups excluding carboxylic acids is 1. The summed E-state index contributed by atoms with van der Waals surface area (Å²) >= 11 is 0. The van der Waals surface area contributed by atoms with E-state index in [0.29, 0.717) is 35.7 Å². The van der Waals surface area contributed by atoms with Crippen LogP contribution in [0.3, 0.4) is 0 Å². The number of para-hydroxylation sites is 1. The van der Waals surface area contributed by atoms with E-state index >= 15 is 0 Å². The Morgan fingerprint density at radius 1 is 0.957 bits per heavy atom. The first-order chi connectivity index (χ1) is 22.5. The lowest BCUT2D eigenvalue weighted by Crippen LogP contribution is -2.26. The molecule has 5 rings (SSSR count). The molecule has 0 radical (unpaired) electrons. The second kappa shape index (κ2) is 14.1. The molecule has 0 fully saturated rings. The highest BCUT2D eigenvalue weighted by Gasteiger charge is 2.20. The van der Waals surface area contributed by atoms with E-state index in [9.17, 15) is 9.59 Å². The van der Waals surface area contributed by atoms with Crippen molar-refractivity contribution < 1.29 is 19.0 Å². The van der Waals surface area contributed by atoms with Gasteiger partial charge in [-0.1, -0.05) is 26.0 Å². The molecule has 0 aliphatic heterocycles. The van der Waals surface area contributed by atoms with Crippen LogP contribution in [0.4, 0.5) is 0 Å². The quantitative estimate of drug-likeness (QED) is 0.110. The number of esters is 1. The molecule has 0 spiro atoms. The number of rotatable bonds is 11. The molecule has 0 aliphatic rings. The van der Waals surface area contributed by atoms with Crippen molar-refractivity contribution in [3.8, 4) is 28.6 Å². The van der Waals surface area contributed by atoms with Crippen molar-refractivity contribution in [1.29, 1.82) is 0 Å². The normalized spacial score (nSPS) is 12.2. The van der Waals surface area contributed by atoms with E-state index in [2.05, 4.69) is 24.5 Å². The summed E-state index contributed by atoms with van der Waals surface area (Å²) in [5, 5.41) is 5.26. The minimum Gasteiger partial charge on any atom is -0.494 e. The zero-order chi connectivity index (χ0) is 33.8. The molecule has 0 amide bonds. The summed E-state index contributed by atoms with van der Waals surface area (Å²) < 4.78 is 20.3. The van der Waals surface area contributed by atoms with Gasteiger partial charge >= 0.3 is 5.97 Å². The van der Waals surface area contributed by atoms with Crippen molar-refractivity contribution in [2.45, 2.75) is 67.4 Å². The Bertz CT molecular complexity index is 2000. The lowest BCUT2D eigenvalue weighted by atomic mass is 9.96. The molecule has 0 saturated carbocycles. The standard InChI is InChI=1S/C38H42N4O5/c1-9-45-35-19-24(5)33(21-32(35)23(3)4)36-40-34-14-12-11-13-31(34)37(43)42(36)39-22-28-20-25(6)41(26(28)7)29-15-17-30(18-16-29)47-27(8)38(44)46-10-2/h11-23,27H,9-10H2,1-8H3/t27-/m1/s1. The van der Waals surface area contributed by atoms with Crippen LogP contribution in [0.1, 0.15) is 68.6 Å². The van der Waals surface area contributed by atoms with E-state index in [-0.39, 0.29) is 11.5 Å². The summed E-state index contributed by atoms with van der Waals surface area (Å²) in [5.74, 6) is 1.67. The fourth-order valence-electron chi connectivity index (χ4n) is 5.70. The van der Waals surface area contributed by atoms with Gasteiger partial charge in [-0.25, -0.2) is 9.78 Å². The molecule has 244 valence electrons. The van der Waals surface area contributed by atoms with Crippen LogP contribution < -0.4 is 15.0 Å². The van der Waals surface area contributed by atoms with Gasteiger partial charge in [0.25, 0.3) is 5.56 Å². The number of aromatic nitrogens is 3. The summed E-state index contributed by atoms with van der Waals surface area (Å²) in [6.45, 7) is 16.5. The summed E-state index contributed by atoms with van der Waals surface area (Å²) in [5.41, 5.74) is 6.88. The molecule has 2 aromatic heterocycles. The van der Waals surface area contributed by atoms with Gasteiger partial charge in [-0.15, -0.1) is 0 Å². The Kier molecular flexibility index (Phi) is 9.94. The summed E-state index contributed by atoms with van der Waals surface area (Å²) in [6.07, 6.45) is 1.01. The molecule has 0 unspecified atom stereocenters. The SMILES string of the molecule is CCOC(=O)[C@@H](C)Oc1ccc(-n2c(C)cc(C=Nn3c(-c4cc(C(C)C)c(OCC)cc4C)nc4ccccc4c3=O)c2C)cc1. The first-order valence-electron chi connectivity index (χ1n) is 16.0. The lowest BCUT2D eigenvalue weighted by Gasteiger charge is -2.18. The number of hydrogen-bond donors (Lipinski definition) is 0. The predicted octanol–water partition coefficient (Wildman–Crippen LogP) is 7.51. The molecule has 2 heterocycles. The van der Waals surface area contributed by atoms with Crippen LogP contribution in [0.2, 0.25) is 0 Å². The van der Waals surface area contributed by atoms with Crippen molar-refractivity contribution in [2.24, 2.45) is 5.10 Å². The van der Waals surface area contributed by atoms with Crippen LogP contribution in [-0.4, -0.2) is 45.7 Å². The summed E-state index contributed by atoms with van der Waals surface area (Å²) in [4.78, 5) is 30.9. The van der Waals surface area contributed by atoms with E-state index in [1.807, 2.05) is 82.3 Å². The molecular weight excluding hydrogens is 592 g/mol. The highest BCUT2D eigenvalue weighted by molar-refractivity contribution is 5.84. The number of ether oxygens (including phenoxy) is 3. The van der Waals surface area contributed by atoms with Crippen molar-refractivity contribution in [3.63, 3.8) is 0 Å². The van der Waals surface area contributed by atoms with Gasteiger partial charge in [-0.05, 0) is 113 Å². The molecule has 9 nitrogen and oxygen atoms in total. The molecule has 1 atom stereocenters. The maximum Gasteiger partial charge on any atom is 0.347 e. The van der Waals surface area contributed by atoms with Gasteiger partial charge in [-0.2, -0.15) is 9.78 Å². The minimum absolute atomic E-state index is 0.201. The Labute approximate surface area is 275 Å². The van der Waals surface area contributed by atoms with E-state index in [4.69, 9.17) is 24.3 Å². The van der Waals surface area contributed by atoms with Crippen LogP contribution in [0.25, 0.3) is 28.0 Å². The Morgan fingerprint density at radius 2 is 1.68 bits per heavy atom. The second-order valence-electron chi connectivity index (χ2n) is 11.8. The first-order valence-corrected chi connectivity index (χ1v) is 16.0. The third-order valence-corrected chi connectivity index (χ3v) is 8.08.